The van der Waals surface area contributed by atoms with Crippen molar-refractivity contribution in [3.63, 3.8) is 0 Å². The Morgan fingerprint density at radius 3 is 2.46 bits per heavy atom. The van der Waals surface area contributed by atoms with Crippen molar-refractivity contribution in [1.82, 2.24) is 10.2 Å². The third kappa shape index (κ3) is 8.37. The molecule has 6 rings (SSSR count). The number of carbonyl (C=O) groups excluding carboxylic acids is 1. The summed E-state index contributed by atoms with van der Waals surface area (Å²) < 4.78 is 20.3. The first-order valence-electron chi connectivity index (χ1n) is 16.0. The molecule has 2 aliphatic heterocycles. The highest BCUT2D eigenvalue weighted by atomic mass is 32.2. The summed E-state index contributed by atoms with van der Waals surface area (Å²) in [6.07, 6.45) is 3.02. The van der Waals surface area contributed by atoms with E-state index in [1.807, 2.05) is 36.4 Å². The second-order valence-corrected chi connectivity index (χ2v) is 13.0. The molecular formula is C38H41FN4O2S. The lowest BCUT2D eigenvalue weighted by atomic mass is 10.1. The topological polar surface area (TPSA) is 48.1 Å². The normalized spacial score (nSPS) is 16.5. The first-order valence-corrected chi connectivity index (χ1v) is 16.8. The third-order valence-corrected chi connectivity index (χ3v) is 9.46. The fourth-order valence-electron chi connectivity index (χ4n) is 5.98. The Balaban J connectivity index is 0.981. The highest BCUT2D eigenvalue weighted by Crippen LogP contribution is 2.38. The Morgan fingerprint density at radius 2 is 1.67 bits per heavy atom. The molecule has 0 unspecified atom stereocenters. The summed E-state index contributed by atoms with van der Waals surface area (Å²) in [6, 6.07) is 31.8. The molecule has 238 valence electrons. The lowest BCUT2D eigenvalue weighted by molar-refractivity contribution is 0.0951. The van der Waals surface area contributed by atoms with E-state index in [0.717, 1.165) is 61.8 Å². The Hall–Kier alpha value is -4.11. The van der Waals surface area contributed by atoms with Gasteiger partial charge in [0.05, 0.1) is 18.0 Å². The Labute approximate surface area is 275 Å². The van der Waals surface area contributed by atoms with Crippen LogP contribution in [-0.2, 0) is 11.3 Å². The van der Waals surface area contributed by atoms with Crippen molar-refractivity contribution >= 4 is 35.1 Å². The largest absolute Gasteiger partial charge is 0.367 e. The molecule has 1 fully saturated rings. The fraction of sp³-hybridized carbons (Fsp3) is 0.289. The minimum absolute atomic E-state index is 0.0603. The molecule has 0 aliphatic carbocycles. The van der Waals surface area contributed by atoms with Crippen molar-refractivity contribution in [2.24, 2.45) is 0 Å². The SMILES string of the molecule is Cc1cccc(CN2COC/C(=C\c3ccc(C(=O)NCCCN4CCN(c5ccccc5F)CC4)cc3)Sc3ccccc32)c1. The zero-order valence-corrected chi connectivity index (χ0v) is 27.1. The number of anilines is 2. The van der Waals surface area contributed by atoms with Crippen molar-refractivity contribution in [2.75, 3.05) is 62.4 Å². The molecule has 0 spiro atoms. The molecule has 0 radical (unpaired) electrons. The molecule has 0 bridgehead atoms. The number of piperazine rings is 1. The Morgan fingerprint density at radius 1 is 0.913 bits per heavy atom. The van der Waals surface area contributed by atoms with Gasteiger partial charge in [0.1, 0.15) is 12.5 Å². The molecule has 1 N–H and O–H groups in total. The van der Waals surface area contributed by atoms with E-state index >= 15 is 0 Å². The van der Waals surface area contributed by atoms with E-state index in [1.165, 1.54) is 22.1 Å². The van der Waals surface area contributed by atoms with Gasteiger partial charge in [-0.25, -0.2) is 4.39 Å². The number of nitrogens with zero attached hydrogens (tertiary/aromatic N) is 3. The van der Waals surface area contributed by atoms with Crippen LogP contribution >= 0.6 is 11.8 Å². The smallest absolute Gasteiger partial charge is 0.251 e. The zero-order chi connectivity index (χ0) is 31.7. The number of ether oxygens (including phenoxy) is 1. The summed E-state index contributed by atoms with van der Waals surface area (Å²) in [6.45, 7) is 8.84. The van der Waals surface area contributed by atoms with Crippen LogP contribution < -0.4 is 15.1 Å². The monoisotopic (exact) mass is 636 g/mol. The number of aryl methyl sites for hydroxylation is 1. The van der Waals surface area contributed by atoms with Crippen molar-refractivity contribution in [3.05, 3.63) is 130 Å². The van der Waals surface area contributed by atoms with Gasteiger partial charge in [0.2, 0.25) is 0 Å². The number of nitrogens with one attached hydrogen (secondary N) is 1. The van der Waals surface area contributed by atoms with Crippen molar-refractivity contribution in [1.29, 1.82) is 0 Å². The number of hydrogen-bond acceptors (Lipinski definition) is 6. The number of amides is 1. The molecule has 1 amide bonds. The first-order chi connectivity index (χ1) is 22.5. The van der Waals surface area contributed by atoms with Gasteiger partial charge >= 0.3 is 0 Å². The van der Waals surface area contributed by atoms with Crippen molar-refractivity contribution < 1.29 is 13.9 Å². The van der Waals surface area contributed by atoms with Gasteiger partial charge in [0.15, 0.2) is 0 Å². The van der Waals surface area contributed by atoms with Crippen LogP contribution in [0.15, 0.2) is 107 Å². The lowest BCUT2D eigenvalue weighted by Gasteiger charge is -2.36. The van der Waals surface area contributed by atoms with Crippen LogP contribution in [0.2, 0.25) is 0 Å². The van der Waals surface area contributed by atoms with Crippen LogP contribution in [0, 0.1) is 12.7 Å². The molecule has 0 saturated carbocycles. The van der Waals surface area contributed by atoms with E-state index in [-0.39, 0.29) is 11.7 Å². The number of thioether (sulfide) groups is 1. The summed E-state index contributed by atoms with van der Waals surface area (Å²) in [4.78, 5) is 21.9. The standard InChI is InChI=1S/C38H41FN4O2S/c1-29-8-6-9-31(24-29)26-43-28-45-27-33(46-37-13-5-4-12-36(37)43)25-30-14-16-32(17-15-30)38(44)40-18-7-19-41-20-22-42(23-21-41)35-11-3-2-10-34(35)39/h2-6,8-17,24-25H,7,18-23,26-28H2,1H3,(H,40,44)/b33-25+. The second-order valence-electron chi connectivity index (χ2n) is 11.9. The van der Waals surface area contributed by atoms with Gasteiger partial charge in [-0.15, -0.1) is 0 Å². The molecule has 0 aromatic heterocycles. The van der Waals surface area contributed by atoms with Crippen LogP contribution in [0.3, 0.4) is 0 Å². The van der Waals surface area contributed by atoms with Crippen LogP contribution in [0.4, 0.5) is 15.8 Å². The molecule has 4 aromatic rings. The minimum atomic E-state index is -0.164. The fourth-order valence-corrected chi connectivity index (χ4v) is 7.05. The van der Waals surface area contributed by atoms with Gasteiger partial charge in [-0.3, -0.25) is 9.69 Å². The molecule has 1 saturated heterocycles. The molecule has 4 aromatic carbocycles. The van der Waals surface area contributed by atoms with E-state index in [2.05, 4.69) is 81.5 Å². The average molecular weight is 637 g/mol. The van der Waals surface area contributed by atoms with Crippen LogP contribution in [0.5, 0.6) is 0 Å². The summed E-state index contributed by atoms with van der Waals surface area (Å²) >= 11 is 1.73. The Bertz CT molecular complexity index is 1650. The number of para-hydroxylation sites is 2. The van der Waals surface area contributed by atoms with Crippen LogP contribution in [0.1, 0.15) is 33.5 Å². The number of hydrogen-bond donors (Lipinski definition) is 1. The second kappa shape index (κ2) is 15.5. The van der Waals surface area contributed by atoms with E-state index in [0.29, 0.717) is 31.1 Å². The lowest BCUT2D eigenvalue weighted by Crippen LogP contribution is -2.47. The predicted octanol–water partition coefficient (Wildman–Crippen LogP) is 7.20. The first kappa shape index (κ1) is 31.9. The molecule has 2 aliphatic rings. The Kier molecular flexibility index (Phi) is 10.7. The predicted molar refractivity (Wildman–Crippen MR) is 187 cm³/mol. The summed E-state index contributed by atoms with van der Waals surface area (Å²) in [5.74, 6) is -0.224. The average Bonchev–Trinajstić information content (AvgIpc) is 3.06. The van der Waals surface area contributed by atoms with E-state index in [9.17, 15) is 9.18 Å². The number of benzene rings is 4. The zero-order valence-electron chi connectivity index (χ0n) is 26.3. The van der Waals surface area contributed by atoms with Crippen molar-refractivity contribution in [3.8, 4) is 0 Å². The van der Waals surface area contributed by atoms with Crippen LogP contribution in [0.25, 0.3) is 6.08 Å². The van der Waals surface area contributed by atoms with E-state index in [4.69, 9.17) is 4.74 Å². The summed E-state index contributed by atoms with van der Waals surface area (Å²) in [5, 5.41) is 3.06. The van der Waals surface area contributed by atoms with E-state index in [1.54, 1.807) is 17.8 Å². The quantitative estimate of drug-likeness (QED) is 0.196. The maximum absolute atomic E-state index is 14.1. The number of fused-ring (bicyclic) bond motifs is 1. The highest BCUT2D eigenvalue weighted by Gasteiger charge is 2.20. The summed E-state index contributed by atoms with van der Waals surface area (Å²) in [5.41, 5.74) is 6.05. The van der Waals surface area contributed by atoms with Crippen LogP contribution in [-0.4, -0.2) is 63.4 Å². The third-order valence-electron chi connectivity index (χ3n) is 8.40. The van der Waals surface area contributed by atoms with Gasteiger partial charge < -0.3 is 19.9 Å². The van der Waals surface area contributed by atoms with Gasteiger partial charge in [0, 0.05) is 54.6 Å². The molecule has 0 atom stereocenters. The molecule has 46 heavy (non-hydrogen) atoms. The van der Waals surface area contributed by atoms with Crippen molar-refractivity contribution in [2.45, 2.75) is 24.8 Å². The maximum Gasteiger partial charge on any atom is 0.251 e. The van der Waals surface area contributed by atoms with Gasteiger partial charge in [-0.1, -0.05) is 78.0 Å². The van der Waals surface area contributed by atoms with E-state index < -0.39 is 0 Å². The molecular weight excluding hydrogens is 596 g/mol. The molecule has 8 heteroatoms. The number of carbonyl (C=O) groups is 1. The highest BCUT2D eigenvalue weighted by molar-refractivity contribution is 8.03. The number of halogens is 1. The number of rotatable bonds is 9. The van der Waals surface area contributed by atoms with Gasteiger partial charge in [-0.05, 0) is 73.5 Å². The van der Waals surface area contributed by atoms with Gasteiger partial charge in [0.25, 0.3) is 5.91 Å². The molecule has 6 nitrogen and oxygen atoms in total. The maximum atomic E-state index is 14.1. The van der Waals surface area contributed by atoms with Gasteiger partial charge in [-0.2, -0.15) is 0 Å². The minimum Gasteiger partial charge on any atom is -0.367 e. The summed E-state index contributed by atoms with van der Waals surface area (Å²) in [7, 11) is 0. The molecule has 2 heterocycles.